The Morgan fingerprint density at radius 1 is 1.17 bits per heavy atom. The van der Waals surface area contributed by atoms with Crippen molar-refractivity contribution in [2.75, 3.05) is 36.5 Å². The Kier molecular flexibility index (Phi) is 5.40. The first kappa shape index (κ1) is 16.5. The summed E-state index contributed by atoms with van der Waals surface area (Å²) < 4.78 is 6.27. The molecule has 3 rings (SSSR count). The summed E-state index contributed by atoms with van der Waals surface area (Å²) in [6.45, 7) is 3.07. The third kappa shape index (κ3) is 3.97. The van der Waals surface area contributed by atoms with E-state index in [4.69, 9.17) is 16.3 Å². The molecule has 120 valence electrons. The molecule has 6 heteroatoms. The van der Waals surface area contributed by atoms with Crippen molar-refractivity contribution in [2.24, 2.45) is 0 Å². The van der Waals surface area contributed by atoms with E-state index in [-0.39, 0.29) is 5.91 Å². The van der Waals surface area contributed by atoms with Gasteiger partial charge in [0.25, 0.3) is 5.91 Å². The average molecular weight is 443 g/mol. The topological polar surface area (TPSA) is 41.6 Å². The van der Waals surface area contributed by atoms with E-state index in [2.05, 4.69) is 32.8 Å². The van der Waals surface area contributed by atoms with Crippen molar-refractivity contribution in [3.05, 3.63) is 56.6 Å². The van der Waals surface area contributed by atoms with Crippen molar-refractivity contribution in [1.29, 1.82) is 0 Å². The molecular formula is C17H16ClIN2O2. The Labute approximate surface area is 153 Å². The summed E-state index contributed by atoms with van der Waals surface area (Å²) in [4.78, 5) is 14.5. The number of halogens is 2. The van der Waals surface area contributed by atoms with Crippen molar-refractivity contribution in [3.63, 3.8) is 0 Å². The smallest absolute Gasteiger partial charge is 0.256 e. The molecule has 0 atom stereocenters. The molecule has 0 aliphatic carbocycles. The summed E-state index contributed by atoms with van der Waals surface area (Å²) in [5, 5.41) is 3.53. The number of rotatable bonds is 3. The summed E-state index contributed by atoms with van der Waals surface area (Å²) in [6, 6.07) is 13.1. The van der Waals surface area contributed by atoms with Crippen molar-refractivity contribution >= 4 is 51.5 Å². The number of nitrogens with zero attached hydrogens (tertiary/aromatic N) is 1. The first-order valence-electron chi connectivity index (χ1n) is 7.33. The van der Waals surface area contributed by atoms with Crippen LogP contribution in [0.15, 0.2) is 42.5 Å². The van der Waals surface area contributed by atoms with Crippen LogP contribution < -0.4 is 10.2 Å². The van der Waals surface area contributed by atoms with Gasteiger partial charge in [-0.05, 0) is 52.9 Å². The SMILES string of the molecule is O=C(Nc1ccc(N2CCOCC2)c(Cl)c1)c1ccccc1I. The quantitative estimate of drug-likeness (QED) is 0.730. The van der Waals surface area contributed by atoms with Gasteiger partial charge < -0.3 is 15.0 Å². The van der Waals surface area contributed by atoms with Gasteiger partial charge in [0.1, 0.15) is 0 Å². The molecule has 1 heterocycles. The maximum atomic E-state index is 12.3. The fourth-order valence-electron chi connectivity index (χ4n) is 2.49. The standard InChI is InChI=1S/C17H16ClIN2O2/c18-14-11-12(5-6-16(14)21-7-9-23-10-8-21)20-17(22)13-3-1-2-4-15(13)19/h1-6,11H,7-10H2,(H,20,22). The zero-order valence-electron chi connectivity index (χ0n) is 12.4. The predicted octanol–water partition coefficient (Wildman–Crippen LogP) is 4.03. The maximum absolute atomic E-state index is 12.3. The van der Waals surface area contributed by atoms with Gasteiger partial charge >= 0.3 is 0 Å². The molecule has 1 aliphatic heterocycles. The van der Waals surface area contributed by atoms with Crippen molar-refractivity contribution in [3.8, 4) is 0 Å². The van der Waals surface area contributed by atoms with Gasteiger partial charge in [-0.1, -0.05) is 23.7 Å². The summed E-state index contributed by atoms with van der Waals surface area (Å²) in [6.07, 6.45) is 0. The van der Waals surface area contributed by atoms with Gasteiger partial charge in [-0.2, -0.15) is 0 Å². The highest BCUT2D eigenvalue weighted by Crippen LogP contribution is 2.29. The second-order valence-corrected chi connectivity index (χ2v) is 6.77. The van der Waals surface area contributed by atoms with Crippen LogP contribution in [0.1, 0.15) is 10.4 Å². The second-order valence-electron chi connectivity index (χ2n) is 5.20. The summed E-state index contributed by atoms with van der Waals surface area (Å²) in [7, 11) is 0. The highest BCUT2D eigenvalue weighted by atomic mass is 127. The van der Waals surface area contributed by atoms with Gasteiger partial charge in [0, 0.05) is 22.3 Å². The monoisotopic (exact) mass is 442 g/mol. The van der Waals surface area contributed by atoms with E-state index >= 15 is 0 Å². The number of morpholine rings is 1. The van der Waals surface area contributed by atoms with Crippen LogP contribution in [0, 0.1) is 3.57 Å². The van der Waals surface area contributed by atoms with E-state index in [1.54, 1.807) is 12.1 Å². The number of nitrogens with one attached hydrogen (secondary N) is 1. The van der Waals surface area contributed by atoms with E-state index in [1.807, 2.05) is 30.3 Å². The molecule has 4 nitrogen and oxygen atoms in total. The Hall–Kier alpha value is -1.31. The first-order chi connectivity index (χ1) is 11.1. The number of benzene rings is 2. The largest absolute Gasteiger partial charge is 0.378 e. The van der Waals surface area contributed by atoms with E-state index in [1.165, 1.54) is 0 Å². The van der Waals surface area contributed by atoms with Gasteiger partial charge in [-0.15, -0.1) is 0 Å². The lowest BCUT2D eigenvalue weighted by Crippen LogP contribution is -2.36. The lowest BCUT2D eigenvalue weighted by atomic mass is 10.2. The molecule has 1 fully saturated rings. The maximum Gasteiger partial charge on any atom is 0.256 e. The minimum Gasteiger partial charge on any atom is -0.378 e. The molecule has 23 heavy (non-hydrogen) atoms. The first-order valence-corrected chi connectivity index (χ1v) is 8.79. The van der Waals surface area contributed by atoms with Crippen LogP contribution in [-0.2, 0) is 4.74 Å². The second kappa shape index (κ2) is 7.51. The molecule has 1 saturated heterocycles. The van der Waals surface area contributed by atoms with Crippen LogP contribution in [0.3, 0.4) is 0 Å². The van der Waals surface area contributed by atoms with Crippen molar-refractivity contribution in [2.45, 2.75) is 0 Å². The van der Waals surface area contributed by atoms with Gasteiger partial charge in [0.15, 0.2) is 0 Å². The molecule has 0 radical (unpaired) electrons. The molecule has 0 bridgehead atoms. The van der Waals surface area contributed by atoms with Crippen LogP contribution in [-0.4, -0.2) is 32.2 Å². The van der Waals surface area contributed by atoms with Gasteiger partial charge in [0.05, 0.1) is 29.5 Å². The van der Waals surface area contributed by atoms with E-state index in [9.17, 15) is 4.79 Å². The van der Waals surface area contributed by atoms with Crippen LogP contribution in [0.4, 0.5) is 11.4 Å². The molecule has 2 aromatic carbocycles. The van der Waals surface area contributed by atoms with Gasteiger partial charge in [-0.3, -0.25) is 4.79 Å². The van der Waals surface area contributed by atoms with Crippen LogP contribution in [0.25, 0.3) is 0 Å². The Bertz CT molecular complexity index is 717. The Balaban J connectivity index is 1.75. The molecule has 0 aromatic heterocycles. The van der Waals surface area contributed by atoms with E-state index in [0.29, 0.717) is 29.5 Å². The van der Waals surface area contributed by atoms with Crippen LogP contribution in [0.2, 0.25) is 5.02 Å². The molecule has 0 spiro atoms. The minimum absolute atomic E-state index is 0.134. The molecule has 0 unspecified atom stereocenters. The number of carbonyl (C=O) groups is 1. The molecular weight excluding hydrogens is 427 g/mol. The van der Waals surface area contributed by atoms with E-state index < -0.39 is 0 Å². The summed E-state index contributed by atoms with van der Waals surface area (Å²) in [5.74, 6) is -0.134. The highest BCUT2D eigenvalue weighted by molar-refractivity contribution is 14.1. The van der Waals surface area contributed by atoms with E-state index in [0.717, 1.165) is 22.3 Å². The summed E-state index contributed by atoms with van der Waals surface area (Å²) in [5.41, 5.74) is 2.32. The number of anilines is 2. The molecule has 1 N–H and O–H groups in total. The predicted molar refractivity (Wildman–Crippen MR) is 102 cm³/mol. The minimum atomic E-state index is -0.134. The van der Waals surface area contributed by atoms with Crippen molar-refractivity contribution < 1.29 is 9.53 Å². The third-order valence-electron chi connectivity index (χ3n) is 3.68. The normalized spacial score (nSPS) is 14.6. The fourth-order valence-corrected chi connectivity index (χ4v) is 3.42. The molecule has 0 saturated carbocycles. The Morgan fingerprint density at radius 2 is 1.91 bits per heavy atom. The zero-order chi connectivity index (χ0) is 16.2. The highest BCUT2D eigenvalue weighted by Gasteiger charge is 2.15. The molecule has 1 aliphatic rings. The summed E-state index contributed by atoms with van der Waals surface area (Å²) >= 11 is 8.54. The molecule has 1 amide bonds. The zero-order valence-corrected chi connectivity index (χ0v) is 15.3. The van der Waals surface area contributed by atoms with Crippen LogP contribution >= 0.6 is 34.2 Å². The van der Waals surface area contributed by atoms with Gasteiger partial charge in [-0.25, -0.2) is 0 Å². The molecule has 2 aromatic rings. The number of carbonyl (C=O) groups excluding carboxylic acids is 1. The lowest BCUT2D eigenvalue weighted by molar-refractivity contribution is 0.102. The average Bonchev–Trinajstić information content (AvgIpc) is 2.56. The number of amides is 1. The third-order valence-corrected chi connectivity index (χ3v) is 4.92. The Morgan fingerprint density at radius 3 is 2.61 bits per heavy atom. The number of ether oxygens (including phenoxy) is 1. The lowest BCUT2D eigenvalue weighted by Gasteiger charge is -2.29. The van der Waals surface area contributed by atoms with Crippen LogP contribution in [0.5, 0.6) is 0 Å². The fraction of sp³-hybridized carbons (Fsp3) is 0.235. The van der Waals surface area contributed by atoms with Gasteiger partial charge in [0.2, 0.25) is 0 Å². The van der Waals surface area contributed by atoms with Crippen molar-refractivity contribution in [1.82, 2.24) is 0 Å². The number of hydrogen-bond donors (Lipinski definition) is 1. The number of hydrogen-bond acceptors (Lipinski definition) is 3.